The average molecular weight is 257 g/mol. The molecule has 0 aliphatic rings. The van der Waals surface area contributed by atoms with Gasteiger partial charge in [-0.1, -0.05) is 34.0 Å². The molecule has 0 N–H and O–H groups in total. The number of benzene rings is 1. The van der Waals surface area contributed by atoms with Crippen molar-refractivity contribution in [3.63, 3.8) is 0 Å². The molecule has 1 aromatic rings. The highest BCUT2D eigenvalue weighted by atomic mass is 79.9. The van der Waals surface area contributed by atoms with Gasteiger partial charge in [0.25, 0.3) is 6.08 Å². The van der Waals surface area contributed by atoms with Gasteiger partial charge in [0, 0.05) is 16.5 Å². The minimum absolute atomic E-state index is 0.00595. The minimum Gasteiger partial charge on any atom is -0.173 e. The third kappa shape index (κ3) is 2.43. The van der Waals surface area contributed by atoms with Crippen molar-refractivity contribution in [2.45, 2.75) is 0 Å². The molecule has 0 fully saturated rings. The summed E-state index contributed by atoms with van der Waals surface area (Å²) in [5.74, 6) is 2.43. The van der Waals surface area contributed by atoms with E-state index in [1.807, 2.05) is 0 Å². The zero-order chi connectivity index (χ0) is 10.6. The van der Waals surface area contributed by atoms with Gasteiger partial charge in [-0.2, -0.15) is 8.78 Å². The Morgan fingerprint density at radius 3 is 2.21 bits per heavy atom. The Hall–Kier alpha value is -1.14. The lowest BCUT2D eigenvalue weighted by Crippen LogP contribution is -1.87. The van der Waals surface area contributed by atoms with Crippen LogP contribution in [0.1, 0.15) is 11.1 Å². The van der Waals surface area contributed by atoms with Gasteiger partial charge in [-0.25, -0.2) is 0 Å². The van der Waals surface area contributed by atoms with E-state index in [1.165, 1.54) is 0 Å². The zero-order valence-electron chi connectivity index (χ0n) is 7.23. The van der Waals surface area contributed by atoms with Crippen LogP contribution in [0.5, 0.6) is 0 Å². The molecule has 1 aromatic carbocycles. The standard InChI is InChI=1S/C11H7BrF2/c1-2-8-3-5-9(6-4-8)10(7-12)11(13)14/h1,3-6H,7H2. The van der Waals surface area contributed by atoms with Crippen LogP contribution in [0.3, 0.4) is 0 Å². The highest BCUT2D eigenvalue weighted by molar-refractivity contribution is 9.09. The molecule has 0 aliphatic carbocycles. The summed E-state index contributed by atoms with van der Waals surface area (Å²) in [7, 11) is 0. The maximum atomic E-state index is 12.4. The van der Waals surface area contributed by atoms with E-state index >= 15 is 0 Å². The fourth-order valence-electron chi connectivity index (χ4n) is 1.00. The van der Waals surface area contributed by atoms with Crippen LogP contribution in [0.4, 0.5) is 8.78 Å². The number of hydrogen-bond acceptors (Lipinski definition) is 0. The van der Waals surface area contributed by atoms with Gasteiger partial charge in [-0.15, -0.1) is 6.42 Å². The molecular formula is C11H7BrF2. The van der Waals surface area contributed by atoms with E-state index in [2.05, 4.69) is 21.9 Å². The number of terminal acetylenes is 1. The van der Waals surface area contributed by atoms with Gasteiger partial charge >= 0.3 is 0 Å². The van der Waals surface area contributed by atoms with E-state index in [9.17, 15) is 8.78 Å². The molecule has 0 atom stereocenters. The number of allylic oxidation sites excluding steroid dienone is 1. The van der Waals surface area contributed by atoms with Crippen LogP contribution in [-0.2, 0) is 0 Å². The molecule has 0 aromatic heterocycles. The highest BCUT2D eigenvalue weighted by Crippen LogP contribution is 2.22. The summed E-state index contributed by atoms with van der Waals surface area (Å²) in [5.41, 5.74) is 1.16. The van der Waals surface area contributed by atoms with Crippen LogP contribution in [0.15, 0.2) is 30.3 Å². The molecule has 14 heavy (non-hydrogen) atoms. The van der Waals surface area contributed by atoms with Crippen molar-refractivity contribution in [2.75, 3.05) is 5.33 Å². The van der Waals surface area contributed by atoms with Crippen LogP contribution < -0.4 is 0 Å². The maximum Gasteiger partial charge on any atom is 0.274 e. The van der Waals surface area contributed by atoms with Crippen molar-refractivity contribution in [1.29, 1.82) is 0 Å². The normalized spacial score (nSPS) is 9.29. The predicted molar refractivity (Wildman–Crippen MR) is 57.3 cm³/mol. The monoisotopic (exact) mass is 256 g/mol. The average Bonchev–Trinajstić information content (AvgIpc) is 2.19. The van der Waals surface area contributed by atoms with Gasteiger partial charge in [0.05, 0.1) is 0 Å². The van der Waals surface area contributed by atoms with Crippen LogP contribution in [0.25, 0.3) is 5.57 Å². The number of rotatable bonds is 2. The van der Waals surface area contributed by atoms with Crippen molar-refractivity contribution in [3.05, 3.63) is 41.5 Å². The second kappa shape index (κ2) is 4.92. The molecular weight excluding hydrogens is 250 g/mol. The Morgan fingerprint density at radius 2 is 1.86 bits per heavy atom. The van der Waals surface area contributed by atoms with Crippen molar-refractivity contribution in [3.8, 4) is 12.3 Å². The predicted octanol–water partition coefficient (Wildman–Crippen LogP) is 3.67. The van der Waals surface area contributed by atoms with E-state index < -0.39 is 6.08 Å². The van der Waals surface area contributed by atoms with E-state index in [0.717, 1.165) is 0 Å². The van der Waals surface area contributed by atoms with E-state index in [1.54, 1.807) is 24.3 Å². The van der Waals surface area contributed by atoms with Crippen LogP contribution >= 0.6 is 15.9 Å². The molecule has 0 nitrogen and oxygen atoms in total. The van der Waals surface area contributed by atoms with Gasteiger partial charge in [-0.3, -0.25) is 0 Å². The smallest absolute Gasteiger partial charge is 0.173 e. The second-order valence-electron chi connectivity index (χ2n) is 2.59. The Kier molecular flexibility index (Phi) is 3.84. The molecule has 0 amide bonds. The van der Waals surface area contributed by atoms with Crippen molar-refractivity contribution >= 4 is 21.5 Å². The Morgan fingerprint density at radius 1 is 1.29 bits per heavy atom. The number of alkyl halides is 1. The lowest BCUT2D eigenvalue weighted by molar-refractivity contribution is 0.425. The van der Waals surface area contributed by atoms with Crippen molar-refractivity contribution < 1.29 is 8.78 Å². The molecule has 0 radical (unpaired) electrons. The Bertz CT molecular complexity index is 381. The summed E-state index contributed by atoms with van der Waals surface area (Å²) < 4.78 is 24.8. The third-order valence-electron chi connectivity index (χ3n) is 1.76. The second-order valence-corrected chi connectivity index (χ2v) is 3.16. The van der Waals surface area contributed by atoms with Gasteiger partial charge in [0.1, 0.15) is 0 Å². The molecule has 3 heteroatoms. The Labute approximate surface area is 89.8 Å². The molecule has 0 saturated heterocycles. The van der Waals surface area contributed by atoms with Gasteiger partial charge in [-0.05, 0) is 17.7 Å². The topological polar surface area (TPSA) is 0 Å². The molecule has 0 spiro atoms. The summed E-state index contributed by atoms with van der Waals surface area (Å²) in [6, 6.07) is 6.46. The number of hydrogen-bond donors (Lipinski definition) is 0. The van der Waals surface area contributed by atoms with E-state index in [-0.39, 0.29) is 10.9 Å². The molecule has 0 unspecified atom stereocenters. The van der Waals surface area contributed by atoms with Gasteiger partial charge in [0.2, 0.25) is 0 Å². The third-order valence-corrected chi connectivity index (χ3v) is 2.32. The lowest BCUT2D eigenvalue weighted by atomic mass is 10.1. The Balaban J connectivity index is 3.10. The summed E-state index contributed by atoms with van der Waals surface area (Å²) in [5, 5.41) is 0.130. The fraction of sp³-hybridized carbons (Fsp3) is 0.0909. The molecule has 1 rings (SSSR count). The molecule has 72 valence electrons. The van der Waals surface area contributed by atoms with Crippen molar-refractivity contribution in [2.24, 2.45) is 0 Å². The quantitative estimate of drug-likeness (QED) is 0.560. The van der Waals surface area contributed by atoms with Gasteiger partial charge < -0.3 is 0 Å². The van der Waals surface area contributed by atoms with Crippen molar-refractivity contribution in [1.82, 2.24) is 0 Å². The van der Waals surface area contributed by atoms with E-state index in [0.29, 0.717) is 11.1 Å². The van der Waals surface area contributed by atoms with Gasteiger partial charge in [0.15, 0.2) is 0 Å². The number of halogens is 3. The maximum absolute atomic E-state index is 12.4. The largest absolute Gasteiger partial charge is 0.274 e. The molecule has 0 saturated carbocycles. The first kappa shape index (κ1) is 10.9. The first-order valence-corrected chi connectivity index (χ1v) is 4.98. The van der Waals surface area contributed by atoms with Crippen LogP contribution in [0.2, 0.25) is 0 Å². The first-order chi connectivity index (χ1) is 6.69. The zero-order valence-corrected chi connectivity index (χ0v) is 8.81. The van der Waals surface area contributed by atoms with E-state index in [4.69, 9.17) is 6.42 Å². The molecule has 0 aliphatic heterocycles. The minimum atomic E-state index is -1.67. The highest BCUT2D eigenvalue weighted by Gasteiger charge is 2.06. The summed E-state index contributed by atoms with van der Waals surface area (Å²) in [6.45, 7) is 0. The molecule has 0 bridgehead atoms. The summed E-state index contributed by atoms with van der Waals surface area (Å²) in [4.78, 5) is 0. The lowest BCUT2D eigenvalue weighted by Gasteiger charge is -2.02. The van der Waals surface area contributed by atoms with Crippen LogP contribution in [-0.4, -0.2) is 5.33 Å². The molecule has 0 heterocycles. The summed E-state index contributed by atoms with van der Waals surface area (Å²) >= 11 is 3.01. The fourth-order valence-corrected chi connectivity index (χ4v) is 1.54. The van der Waals surface area contributed by atoms with Crippen LogP contribution in [0, 0.1) is 12.3 Å². The first-order valence-electron chi connectivity index (χ1n) is 3.86. The SMILES string of the molecule is C#Cc1ccc(C(CBr)=C(F)F)cc1. The summed E-state index contributed by atoms with van der Waals surface area (Å²) in [6.07, 6.45) is 3.48.